The molecule has 1 aromatic heterocycles. The molecule has 120 valence electrons. The van der Waals surface area contributed by atoms with Crippen molar-refractivity contribution in [3.63, 3.8) is 0 Å². The first-order valence-corrected chi connectivity index (χ1v) is 7.92. The van der Waals surface area contributed by atoms with Crippen molar-refractivity contribution in [1.29, 1.82) is 5.26 Å². The summed E-state index contributed by atoms with van der Waals surface area (Å²) in [5.74, 6) is 2.08. The van der Waals surface area contributed by atoms with E-state index >= 15 is 0 Å². The van der Waals surface area contributed by atoms with Crippen LogP contribution in [-0.2, 0) is 6.54 Å². The Morgan fingerprint density at radius 1 is 1.26 bits per heavy atom. The molecule has 0 atom stereocenters. The van der Waals surface area contributed by atoms with E-state index in [1.807, 2.05) is 28.9 Å². The van der Waals surface area contributed by atoms with E-state index in [0.717, 1.165) is 43.0 Å². The van der Waals surface area contributed by atoms with Crippen LogP contribution in [0.4, 0.5) is 0 Å². The predicted octanol–water partition coefficient (Wildman–Crippen LogP) is 2.89. The van der Waals surface area contributed by atoms with Crippen LogP contribution < -0.4 is 9.47 Å². The van der Waals surface area contributed by atoms with Crippen molar-refractivity contribution in [3.8, 4) is 17.6 Å². The number of hydrogen-bond acceptors (Lipinski definition) is 5. The Labute approximate surface area is 135 Å². The molecule has 0 radical (unpaired) electrons. The molecule has 0 bridgehead atoms. The van der Waals surface area contributed by atoms with Gasteiger partial charge in [0, 0.05) is 18.9 Å². The van der Waals surface area contributed by atoms with Gasteiger partial charge in [-0.25, -0.2) is 4.68 Å². The number of hydrogen-bond donors (Lipinski definition) is 0. The second-order valence-corrected chi connectivity index (χ2v) is 5.66. The minimum atomic E-state index is 0.446. The van der Waals surface area contributed by atoms with E-state index in [1.165, 1.54) is 6.42 Å². The van der Waals surface area contributed by atoms with Gasteiger partial charge in [0.25, 0.3) is 0 Å². The Bertz CT molecular complexity index is 684. The van der Waals surface area contributed by atoms with Crippen LogP contribution in [0.1, 0.15) is 43.0 Å². The molecule has 0 aliphatic heterocycles. The summed E-state index contributed by atoms with van der Waals surface area (Å²) in [4.78, 5) is 0. The number of aromatic nitrogens is 3. The third-order valence-corrected chi connectivity index (χ3v) is 4.21. The molecule has 1 fully saturated rings. The lowest BCUT2D eigenvalue weighted by molar-refractivity contribution is 0.292. The summed E-state index contributed by atoms with van der Waals surface area (Å²) in [7, 11) is 1.64. The first-order chi connectivity index (χ1) is 11.3. The highest BCUT2D eigenvalue weighted by molar-refractivity contribution is 5.31. The molecular formula is C17H20N4O2. The Kier molecular flexibility index (Phi) is 4.77. The number of ether oxygens (including phenoxy) is 2. The molecule has 0 N–H and O–H groups in total. The summed E-state index contributed by atoms with van der Waals surface area (Å²) in [6, 6.07) is 9.69. The van der Waals surface area contributed by atoms with E-state index in [9.17, 15) is 0 Å². The average molecular weight is 312 g/mol. The van der Waals surface area contributed by atoms with Gasteiger partial charge in [0.1, 0.15) is 17.6 Å². The molecule has 0 unspecified atom stereocenters. The van der Waals surface area contributed by atoms with Crippen molar-refractivity contribution in [2.45, 2.75) is 38.1 Å². The van der Waals surface area contributed by atoms with E-state index in [0.29, 0.717) is 18.2 Å². The highest BCUT2D eigenvalue weighted by atomic mass is 16.5. The number of methoxy groups -OCH3 is 1. The van der Waals surface area contributed by atoms with E-state index in [4.69, 9.17) is 14.7 Å². The van der Waals surface area contributed by atoms with Crippen LogP contribution in [0, 0.1) is 11.3 Å². The van der Waals surface area contributed by atoms with Crippen molar-refractivity contribution in [2.75, 3.05) is 13.7 Å². The summed E-state index contributed by atoms with van der Waals surface area (Å²) >= 11 is 0. The molecule has 23 heavy (non-hydrogen) atoms. The largest absolute Gasteiger partial charge is 0.497 e. The lowest BCUT2D eigenvalue weighted by atomic mass is 9.82. The fourth-order valence-electron chi connectivity index (χ4n) is 2.73. The molecule has 1 heterocycles. The average Bonchev–Trinajstić information content (AvgIpc) is 2.93. The standard InChI is InChI=1S/C17H20N4O2/c1-22-14-6-8-15(9-7-14)23-11-3-10-21-17(13-4-2-5-13)16(12-18)19-20-21/h6-9,13H,2-5,10-11H2,1H3. The van der Waals surface area contributed by atoms with E-state index in [-0.39, 0.29) is 0 Å². The van der Waals surface area contributed by atoms with Gasteiger partial charge in [-0.1, -0.05) is 11.6 Å². The molecule has 6 heteroatoms. The molecule has 3 rings (SSSR count). The summed E-state index contributed by atoms with van der Waals surface area (Å²) in [6.07, 6.45) is 4.30. The van der Waals surface area contributed by atoms with Gasteiger partial charge in [-0.2, -0.15) is 5.26 Å². The lowest BCUT2D eigenvalue weighted by Crippen LogP contribution is -2.17. The predicted molar refractivity (Wildman–Crippen MR) is 84.4 cm³/mol. The fraction of sp³-hybridized carbons (Fsp3) is 0.471. The Balaban J connectivity index is 1.52. The summed E-state index contributed by atoms with van der Waals surface area (Å²) in [5, 5.41) is 17.3. The van der Waals surface area contributed by atoms with Crippen LogP contribution in [0.3, 0.4) is 0 Å². The van der Waals surface area contributed by atoms with Gasteiger partial charge >= 0.3 is 0 Å². The molecule has 2 aromatic rings. The van der Waals surface area contributed by atoms with Gasteiger partial charge in [0.05, 0.1) is 19.4 Å². The molecule has 6 nitrogen and oxygen atoms in total. The van der Waals surface area contributed by atoms with Gasteiger partial charge < -0.3 is 9.47 Å². The van der Waals surface area contributed by atoms with Crippen LogP contribution in [0.25, 0.3) is 0 Å². The van der Waals surface area contributed by atoms with Crippen LogP contribution in [0.5, 0.6) is 11.5 Å². The van der Waals surface area contributed by atoms with Crippen molar-refractivity contribution in [2.24, 2.45) is 0 Å². The second-order valence-electron chi connectivity index (χ2n) is 5.66. The van der Waals surface area contributed by atoms with Crippen molar-refractivity contribution in [3.05, 3.63) is 35.7 Å². The number of nitrogens with zero attached hydrogens (tertiary/aromatic N) is 4. The van der Waals surface area contributed by atoms with Gasteiger partial charge in [0.2, 0.25) is 0 Å². The topological polar surface area (TPSA) is 73.0 Å². The van der Waals surface area contributed by atoms with Crippen molar-refractivity contribution in [1.82, 2.24) is 15.0 Å². The molecule has 0 spiro atoms. The number of nitriles is 1. The number of aryl methyl sites for hydroxylation is 1. The SMILES string of the molecule is COc1ccc(OCCCn2nnc(C#N)c2C2CCC2)cc1. The van der Waals surface area contributed by atoms with Crippen LogP contribution in [-0.4, -0.2) is 28.7 Å². The van der Waals surface area contributed by atoms with Crippen LogP contribution >= 0.6 is 0 Å². The summed E-state index contributed by atoms with van der Waals surface area (Å²) in [5.41, 5.74) is 1.48. The Morgan fingerprint density at radius 3 is 2.61 bits per heavy atom. The smallest absolute Gasteiger partial charge is 0.186 e. The normalized spacial score (nSPS) is 14.1. The minimum absolute atomic E-state index is 0.446. The zero-order valence-electron chi connectivity index (χ0n) is 13.2. The molecule has 0 saturated heterocycles. The molecule has 1 aromatic carbocycles. The zero-order chi connectivity index (χ0) is 16.1. The number of rotatable bonds is 7. The Hall–Kier alpha value is -2.55. The maximum atomic E-state index is 9.16. The van der Waals surface area contributed by atoms with Gasteiger partial charge in [0.15, 0.2) is 5.69 Å². The molecule has 1 aliphatic rings. The van der Waals surface area contributed by atoms with E-state index in [2.05, 4.69) is 16.4 Å². The fourth-order valence-corrected chi connectivity index (χ4v) is 2.73. The van der Waals surface area contributed by atoms with Crippen molar-refractivity contribution >= 4 is 0 Å². The molecule has 1 aliphatic carbocycles. The first kappa shape index (κ1) is 15.3. The number of benzene rings is 1. The molecule has 0 amide bonds. The van der Waals surface area contributed by atoms with Crippen molar-refractivity contribution < 1.29 is 9.47 Å². The first-order valence-electron chi connectivity index (χ1n) is 7.92. The van der Waals surface area contributed by atoms with Crippen LogP contribution in [0.2, 0.25) is 0 Å². The molecule has 1 saturated carbocycles. The van der Waals surface area contributed by atoms with E-state index < -0.39 is 0 Å². The maximum absolute atomic E-state index is 9.16. The summed E-state index contributed by atoms with van der Waals surface area (Å²) < 4.78 is 12.7. The zero-order valence-corrected chi connectivity index (χ0v) is 13.2. The quantitative estimate of drug-likeness (QED) is 0.735. The van der Waals surface area contributed by atoms with Gasteiger partial charge in [-0.15, -0.1) is 5.10 Å². The lowest BCUT2D eigenvalue weighted by Gasteiger charge is -2.25. The monoisotopic (exact) mass is 312 g/mol. The van der Waals surface area contributed by atoms with Gasteiger partial charge in [-0.05, 0) is 37.1 Å². The summed E-state index contributed by atoms with van der Waals surface area (Å²) in [6.45, 7) is 1.31. The maximum Gasteiger partial charge on any atom is 0.186 e. The third kappa shape index (κ3) is 3.45. The second kappa shape index (κ2) is 7.14. The third-order valence-electron chi connectivity index (χ3n) is 4.21. The van der Waals surface area contributed by atoms with E-state index in [1.54, 1.807) is 7.11 Å². The molecular weight excluding hydrogens is 292 g/mol. The highest BCUT2D eigenvalue weighted by Crippen LogP contribution is 2.37. The van der Waals surface area contributed by atoms with Crippen LogP contribution in [0.15, 0.2) is 24.3 Å². The van der Waals surface area contributed by atoms with Gasteiger partial charge in [-0.3, -0.25) is 0 Å². The minimum Gasteiger partial charge on any atom is -0.497 e. The Morgan fingerprint density at radius 2 is 2.00 bits per heavy atom. The highest BCUT2D eigenvalue weighted by Gasteiger charge is 2.27.